The van der Waals surface area contributed by atoms with Crippen molar-refractivity contribution in [2.45, 2.75) is 11.3 Å². The van der Waals surface area contributed by atoms with E-state index in [4.69, 9.17) is 0 Å². The van der Waals surface area contributed by atoms with Crippen molar-refractivity contribution in [3.63, 3.8) is 0 Å². The molecule has 1 aromatic carbocycles. The number of sulfonamides is 1. The lowest BCUT2D eigenvalue weighted by molar-refractivity contribution is -0.131. The van der Waals surface area contributed by atoms with Crippen molar-refractivity contribution < 1.29 is 13.2 Å². The standard InChI is InChI=1S/C18H20N6O3S/c25-17(24-11-9-23(10-12-24)16-13-19-7-8-20-16)5-6-21-18-14-3-1-2-4-15(14)28(26,27)22-18/h1-4,7-8,13H,5-6,9-12H2,(H,21,22). The zero-order valence-corrected chi connectivity index (χ0v) is 16.0. The lowest BCUT2D eigenvalue weighted by Crippen LogP contribution is -2.49. The molecule has 3 heterocycles. The van der Waals surface area contributed by atoms with E-state index < -0.39 is 10.0 Å². The normalized spacial score (nSPS) is 19.4. The number of carbonyl (C=O) groups is 1. The Labute approximate surface area is 163 Å². The molecule has 0 unspecified atom stereocenters. The van der Waals surface area contributed by atoms with E-state index in [0.717, 1.165) is 5.82 Å². The molecular weight excluding hydrogens is 380 g/mol. The molecule has 2 aliphatic rings. The van der Waals surface area contributed by atoms with Crippen LogP contribution < -0.4 is 9.62 Å². The van der Waals surface area contributed by atoms with Gasteiger partial charge in [-0.1, -0.05) is 12.1 Å². The highest BCUT2D eigenvalue weighted by Crippen LogP contribution is 2.22. The molecule has 1 N–H and O–H groups in total. The van der Waals surface area contributed by atoms with Crippen LogP contribution in [0.25, 0.3) is 0 Å². The molecule has 4 rings (SSSR count). The van der Waals surface area contributed by atoms with E-state index in [0.29, 0.717) is 37.6 Å². The number of rotatable bonds is 4. The third-order valence-electron chi connectivity index (χ3n) is 4.76. The molecule has 0 aliphatic carbocycles. The number of piperazine rings is 1. The monoisotopic (exact) mass is 400 g/mol. The summed E-state index contributed by atoms with van der Waals surface area (Å²) < 4.78 is 26.6. The van der Waals surface area contributed by atoms with Crippen LogP contribution in [0, 0.1) is 0 Å². The van der Waals surface area contributed by atoms with Crippen LogP contribution in [0.15, 0.2) is 52.7 Å². The van der Waals surface area contributed by atoms with Gasteiger partial charge in [-0.25, -0.2) is 13.4 Å². The maximum atomic E-state index is 12.5. The Balaban J connectivity index is 1.32. The highest BCUT2D eigenvalue weighted by atomic mass is 32.2. The lowest BCUT2D eigenvalue weighted by atomic mass is 10.2. The predicted molar refractivity (Wildman–Crippen MR) is 104 cm³/mol. The minimum absolute atomic E-state index is 0.0114. The van der Waals surface area contributed by atoms with E-state index in [1.807, 2.05) is 0 Å². The number of aromatic nitrogens is 2. The fourth-order valence-electron chi connectivity index (χ4n) is 3.31. The second-order valence-electron chi connectivity index (χ2n) is 6.51. The van der Waals surface area contributed by atoms with Gasteiger partial charge in [-0.05, 0) is 12.1 Å². The number of fused-ring (bicyclic) bond motifs is 1. The van der Waals surface area contributed by atoms with Crippen LogP contribution in [0.3, 0.4) is 0 Å². The van der Waals surface area contributed by atoms with Gasteiger partial charge in [0.2, 0.25) is 5.91 Å². The highest BCUT2D eigenvalue weighted by molar-refractivity contribution is 7.90. The Bertz CT molecular complexity index is 1000. The van der Waals surface area contributed by atoms with Crippen molar-refractivity contribution in [1.82, 2.24) is 19.6 Å². The zero-order valence-electron chi connectivity index (χ0n) is 15.2. The third kappa shape index (κ3) is 3.68. The number of hydrogen-bond donors (Lipinski definition) is 1. The quantitative estimate of drug-likeness (QED) is 0.789. The molecule has 2 aromatic rings. The van der Waals surface area contributed by atoms with E-state index >= 15 is 0 Å². The largest absolute Gasteiger partial charge is 0.352 e. The van der Waals surface area contributed by atoms with Crippen LogP contribution in [-0.2, 0) is 14.8 Å². The summed E-state index contributed by atoms with van der Waals surface area (Å²) in [6.07, 6.45) is 5.24. The topological polar surface area (TPSA) is 108 Å². The molecule has 1 amide bonds. The molecule has 146 valence electrons. The number of amidine groups is 1. The molecule has 0 radical (unpaired) electrons. The van der Waals surface area contributed by atoms with Crippen molar-refractivity contribution in [2.75, 3.05) is 37.6 Å². The number of nitrogens with one attached hydrogen (secondary N) is 1. The summed E-state index contributed by atoms with van der Waals surface area (Å²) in [6, 6.07) is 6.69. The van der Waals surface area contributed by atoms with E-state index in [1.54, 1.807) is 47.8 Å². The molecule has 0 saturated carbocycles. The second kappa shape index (κ2) is 7.55. The first-order valence-electron chi connectivity index (χ1n) is 9.00. The molecule has 1 saturated heterocycles. The maximum absolute atomic E-state index is 12.5. The Morgan fingerprint density at radius 1 is 1.14 bits per heavy atom. The fraction of sp³-hybridized carbons (Fsp3) is 0.333. The number of anilines is 1. The summed E-state index contributed by atoms with van der Waals surface area (Å²) in [5.74, 6) is 1.13. The molecule has 0 atom stereocenters. The molecule has 28 heavy (non-hydrogen) atoms. The fourth-order valence-corrected chi connectivity index (χ4v) is 4.56. The van der Waals surface area contributed by atoms with Crippen molar-refractivity contribution >= 4 is 27.6 Å². The van der Waals surface area contributed by atoms with Gasteiger partial charge in [0, 0.05) is 50.6 Å². The van der Waals surface area contributed by atoms with Gasteiger partial charge < -0.3 is 9.80 Å². The third-order valence-corrected chi connectivity index (χ3v) is 6.16. The number of amides is 1. The van der Waals surface area contributed by atoms with E-state index in [9.17, 15) is 13.2 Å². The van der Waals surface area contributed by atoms with Gasteiger partial charge in [0.1, 0.15) is 11.7 Å². The summed E-state index contributed by atoms with van der Waals surface area (Å²) in [6.45, 7) is 2.86. The summed E-state index contributed by atoms with van der Waals surface area (Å²) >= 11 is 0. The number of hydrogen-bond acceptors (Lipinski definition) is 7. The van der Waals surface area contributed by atoms with E-state index in [-0.39, 0.29) is 23.8 Å². The first kappa shape index (κ1) is 18.4. The minimum Gasteiger partial charge on any atom is -0.352 e. The zero-order chi connectivity index (χ0) is 19.6. The van der Waals surface area contributed by atoms with Crippen molar-refractivity contribution in [3.05, 3.63) is 48.4 Å². The number of nitrogens with zero attached hydrogens (tertiary/aromatic N) is 5. The maximum Gasteiger partial charge on any atom is 0.263 e. The molecular formula is C18H20N6O3S. The molecule has 1 fully saturated rings. The van der Waals surface area contributed by atoms with Crippen molar-refractivity contribution in [3.8, 4) is 0 Å². The molecule has 10 heteroatoms. The van der Waals surface area contributed by atoms with Gasteiger partial charge in [0.25, 0.3) is 10.0 Å². The van der Waals surface area contributed by atoms with E-state index in [2.05, 4.69) is 24.6 Å². The van der Waals surface area contributed by atoms with Gasteiger partial charge >= 0.3 is 0 Å². The highest BCUT2D eigenvalue weighted by Gasteiger charge is 2.30. The van der Waals surface area contributed by atoms with E-state index in [1.165, 1.54) is 0 Å². The van der Waals surface area contributed by atoms with Crippen molar-refractivity contribution in [1.29, 1.82) is 0 Å². The summed E-state index contributed by atoms with van der Waals surface area (Å²) in [5.41, 5.74) is 0.549. The smallest absolute Gasteiger partial charge is 0.263 e. The minimum atomic E-state index is -3.55. The number of benzene rings is 1. The Kier molecular flexibility index (Phi) is 4.95. The van der Waals surface area contributed by atoms with Crippen molar-refractivity contribution in [2.24, 2.45) is 4.99 Å². The van der Waals surface area contributed by atoms with Crippen LogP contribution in [0.4, 0.5) is 5.82 Å². The lowest BCUT2D eigenvalue weighted by Gasteiger charge is -2.35. The van der Waals surface area contributed by atoms with Crippen LogP contribution in [-0.4, -0.2) is 67.8 Å². The van der Waals surface area contributed by atoms with Gasteiger partial charge in [-0.2, -0.15) is 0 Å². The summed E-state index contributed by atoms with van der Waals surface area (Å²) in [7, 11) is -3.55. The number of aliphatic imine (C=N–C) groups is 1. The summed E-state index contributed by atoms with van der Waals surface area (Å²) in [4.78, 5) is 29.2. The van der Waals surface area contributed by atoms with Crippen LogP contribution in [0.1, 0.15) is 12.0 Å². The van der Waals surface area contributed by atoms with Gasteiger partial charge in [0.05, 0.1) is 17.6 Å². The predicted octanol–water partition coefficient (Wildman–Crippen LogP) is 0.254. The Hall–Kier alpha value is -3.01. The van der Waals surface area contributed by atoms with Gasteiger partial charge in [0.15, 0.2) is 0 Å². The molecule has 0 bridgehead atoms. The van der Waals surface area contributed by atoms with Gasteiger partial charge in [-0.3, -0.25) is 19.5 Å². The Morgan fingerprint density at radius 3 is 2.68 bits per heavy atom. The molecule has 1 aromatic heterocycles. The average molecular weight is 400 g/mol. The molecule has 9 nitrogen and oxygen atoms in total. The van der Waals surface area contributed by atoms with Crippen LogP contribution in [0.5, 0.6) is 0 Å². The van der Waals surface area contributed by atoms with Crippen LogP contribution in [0.2, 0.25) is 0 Å². The van der Waals surface area contributed by atoms with Crippen LogP contribution >= 0.6 is 0 Å². The van der Waals surface area contributed by atoms with Gasteiger partial charge in [-0.15, -0.1) is 0 Å². The molecule has 2 aliphatic heterocycles. The number of carbonyl (C=O) groups excluding carboxylic acids is 1. The first-order valence-corrected chi connectivity index (χ1v) is 10.5. The Morgan fingerprint density at radius 2 is 1.93 bits per heavy atom. The summed E-state index contributed by atoms with van der Waals surface area (Å²) in [5, 5.41) is 0. The SMILES string of the molecule is O=C(CCN=C1NS(=O)(=O)c2ccccc21)N1CCN(c2cnccn2)CC1. The first-order chi connectivity index (χ1) is 13.5. The average Bonchev–Trinajstić information content (AvgIpc) is 2.99. The molecule has 0 spiro atoms. The second-order valence-corrected chi connectivity index (χ2v) is 8.16.